The van der Waals surface area contributed by atoms with Crippen molar-refractivity contribution in [1.82, 2.24) is 10.2 Å². The fourth-order valence-electron chi connectivity index (χ4n) is 2.33. The zero-order valence-electron chi connectivity index (χ0n) is 12.0. The molecule has 1 fully saturated rings. The SMILES string of the molecule is CCCN(CCS(=O)(=O)C(C)C)CC1CCCN1. The van der Waals surface area contributed by atoms with E-state index < -0.39 is 9.84 Å². The predicted octanol–water partition coefficient (Wildman–Crippen LogP) is 1.27. The van der Waals surface area contributed by atoms with Crippen LogP contribution in [0.2, 0.25) is 0 Å². The molecular formula is C13H28N2O2S. The highest BCUT2D eigenvalue weighted by Crippen LogP contribution is 2.08. The molecule has 0 radical (unpaired) electrons. The van der Waals surface area contributed by atoms with E-state index in [2.05, 4.69) is 17.1 Å². The lowest BCUT2D eigenvalue weighted by Crippen LogP contribution is -2.40. The van der Waals surface area contributed by atoms with Gasteiger partial charge in [-0.3, -0.25) is 0 Å². The molecule has 0 amide bonds. The van der Waals surface area contributed by atoms with Crippen LogP contribution in [0, 0.1) is 0 Å². The van der Waals surface area contributed by atoms with Crippen LogP contribution < -0.4 is 5.32 Å². The van der Waals surface area contributed by atoms with Gasteiger partial charge in [0.15, 0.2) is 9.84 Å². The highest BCUT2D eigenvalue weighted by atomic mass is 32.2. The first-order valence-corrected chi connectivity index (χ1v) is 8.84. The van der Waals surface area contributed by atoms with Gasteiger partial charge in [0.2, 0.25) is 0 Å². The Bertz CT molecular complexity index is 322. The van der Waals surface area contributed by atoms with Crippen LogP contribution in [0.4, 0.5) is 0 Å². The number of hydrogen-bond donors (Lipinski definition) is 1. The van der Waals surface area contributed by atoms with Gasteiger partial charge in [-0.25, -0.2) is 8.42 Å². The van der Waals surface area contributed by atoms with Crippen LogP contribution in [0.25, 0.3) is 0 Å². The molecule has 0 aromatic carbocycles. The lowest BCUT2D eigenvalue weighted by Gasteiger charge is -2.25. The molecule has 1 atom stereocenters. The van der Waals surface area contributed by atoms with Crippen molar-refractivity contribution in [3.05, 3.63) is 0 Å². The summed E-state index contributed by atoms with van der Waals surface area (Å²) in [6, 6.07) is 0.554. The number of nitrogens with zero attached hydrogens (tertiary/aromatic N) is 1. The molecule has 1 rings (SSSR count). The van der Waals surface area contributed by atoms with E-state index in [0.29, 0.717) is 12.6 Å². The van der Waals surface area contributed by atoms with Crippen LogP contribution in [-0.4, -0.2) is 56.5 Å². The first-order chi connectivity index (χ1) is 8.45. The maximum atomic E-state index is 11.8. The minimum atomic E-state index is -2.91. The van der Waals surface area contributed by atoms with E-state index >= 15 is 0 Å². The Labute approximate surface area is 112 Å². The second-order valence-corrected chi connectivity index (χ2v) is 8.19. The predicted molar refractivity (Wildman–Crippen MR) is 76.7 cm³/mol. The van der Waals surface area contributed by atoms with Gasteiger partial charge in [-0.05, 0) is 46.2 Å². The zero-order valence-corrected chi connectivity index (χ0v) is 12.8. The second-order valence-electron chi connectivity index (χ2n) is 5.51. The van der Waals surface area contributed by atoms with E-state index in [1.165, 1.54) is 12.8 Å². The van der Waals surface area contributed by atoms with Gasteiger partial charge in [0.1, 0.15) is 0 Å². The van der Waals surface area contributed by atoms with Crippen molar-refractivity contribution in [2.45, 2.75) is 51.3 Å². The van der Waals surface area contributed by atoms with E-state index in [9.17, 15) is 8.42 Å². The van der Waals surface area contributed by atoms with Gasteiger partial charge in [0, 0.05) is 19.1 Å². The lowest BCUT2D eigenvalue weighted by molar-refractivity contribution is 0.262. The molecule has 1 N–H and O–H groups in total. The Hall–Kier alpha value is -0.130. The highest BCUT2D eigenvalue weighted by Gasteiger charge is 2.21. The van der Waals surface area contributed by atoms with Crippen molar-refractivity contribution < 1.29 is 8.42 Å². The third-order valence-corrected chi connectivity index (χ3v) is 5.78. The Balaban J connectivity index is 2.42. The van der Waals surface area contributed by atoms with Gasteiger partial charge in [-0.15, -0.1) is 0 Å². The topological polar surface area (TPSA) is 49.4 Å². The fourth-order valence-corrected chi connectivity index (χ4v) is 3.31. The molecule has 4 nitrogen and oxygen atoms in total. The normalized spacial score (nSPS) is 21.1. The molecule has 0 saturated carbocycles. The van der Waals surface area contributed by atoms with Gasteiger partial charge >= 0.3 is 0 Å². The van der Waals surface area contributed by atoms with Crippen LogP contribution in [0.15, 0.2) is 0 Å². The molecule has 0 aromatic heterocycles. The summed E-state index contributed by atoms with van der Waals surface area (Å²) in [7, 11) is -2.91. The standard InChI is InChI=1S/C13H28N2O2S/c1-4-8-15(11-13-6-5-7-14-13)9-10-18(16,17)12(2)3/h12-14H,4-11H2,1-3H3. The molecule has 1 aliphatic rings. The van der Waals surface area contributed by atoms with Crippen LogP contribution >= 0.6 is 0 Å². The van der Waals surface area contributed by atoms with Crippen molar-refractivity contribution in [1.29, 1.82) is 0 Å². The number of rotatable bonds is 8. The lowest BCUT2D eigenvalue weighted by atomic mass is 10.2. The summed E-state index contributed by atoms with van der Waals surface area (Å²) < 4.78 is 23.7. The highest BCUT2D eigenvalue weighted by molar-refractivity contribution is 7.92. The first-order valence-electron chi connectivity index (χ1n) is 7.13. The molecule has 1 heterocycles. The Morgan fingerprint density at radius 3 is 2.56 bits per heavy atom. The fraction of sp³-hybridized carbons (Fsp3) is 1.00. The summed E-state index contributed by atoms with van der Waals surface area (Å²) in [5, 5.41) is 3.22. The van der Waals surface area contributed by atoms with E-state index in [1.807, 2.05) is 0 Å². The quantitative estimate of drug-likeness (QED) is 0.725. The van der Waals surface area contributed by atoms with Crippen molar-refractivity contribution >= 4 is 9.84 Å². The van der Waals surface area contributed by atoms with Gasteiger partial charge < -0.3 is 10.2 Å². The average Bonchev–Trinajstić information content (AvgIpc) is 2.79. The summed E-state index contributed by atoms with van der Waals surface area (Å²) in [6.07, 6.45) is 3.54. The van der Waals surface area contributed by atoms with Gasteiger partial charge in [0.25, 0.3) is 0 Å². The number of nitrogens with one attached hydrogen (secondary N) is 1. The van der Waals surface area contributed by atoms with Crippen molar-refractivity contribution in [3.63, 3.8) is 0 Å². The summed E-state index contributed by atoms with van der Waals surface area (Å²) in [6.45, 7) is 9.43. The van der Waals surface area contributed by atoms with E-state index in [4.69, 9.17) is 0 Å². The third kappa shape index (κ3) is 5.24. The summed E-state index contributed by atoms with van der Waals surface area (Å²) in [5.74, 6) is 0.289. The van der Waals surface area contributed by atoms with Crippen molar-refractivity contribution in [2.75, 3.05) is 31.9 Å². The number of sulfone groups is 1. The van der Waals surface area contributed by atoms with Crippen LogP contribution in [0.5, 0.6) is 0 Å². The van der Waals surface area contributed by atoms with Gasteiger partial charge in [-0.1, -0.05) is 6.92 Å². The molecule has 1 saturated heterocycles. The van der Waals surface area contributed by atoms with Gasteiger partial charge in [0.05, 0.1) is 11.0 Å². The molecule has 0 bridgehead atoms. The Morgan fingerprint density at radius 1 is 1.33 bits per heavy atom. The molecule has 0 spiro atoms. The van der Waals surface area contributed by atoms with E-state index in [0.717, 1.165) is 26.1 Å². The summed E-state index contributed by atoms with van der Waals surface area (Å²) in [5.41, 5.74) is 0. The molecule has 0 aliphatic carbocycles. The van der Waals surface area contributed by atoms with Crippen molar-refractivity contribution in [3.8, 4) is 0 Å². The van der Waals surface area contributed by atoms with Gasteiger partial charge in [-0.2, -0.15) is 0 Å². The molecular weight excluding hydrogens is 248 g/mol. The number of hydrogen-bond acceptors (Lipinski definition) is 4. The molecule has 5 heteroatoms. The van der Waals surface area contributed by atoms with Crippen LogP contribution in [-0.2, 0) is 9.84 Å². The van der Waals surface area contributed by atoms with E-state index in [-0.39, 0.29) is 11.0 Å². The smallest absolute Gasteiger partial charge is 0.153 e. The first kappa shape index (κ1) is 15.9. The van der Waals surface area contributed by atoms with Crippen LogP contribution in [0.3, 0.4) is 0 Å². The molecule has 108 valence electrons. The Kier molecular flexibility index (Phi) is 6.60. The molecule has 0 aromatic rings. The maximum Gasteiger partial charge on any atom is 0.153 e. The molecule has 1 unspecified atom stereocenters. The minimum absolute atomic E-state index is 0.259. The second kappa shape index (κ2) is 7.46. The van der Waals surface area contributed by atoms with Crippen molar-refractivity contribution in [2.24, 2.45) is 0 Å². The minimum Gasteiger partial charge on any atom is -0.313 e. The molecule has 18 heavy (non-hydrogen) atoms. The average molecular weight is 276 g/mol. The zero-order chi connectivity index (χ0) is 13.6. The third-order valence-electron chi connectivity index (χ3n) is 3.59. The monoisotopic (exact) mass is 276 g/mol. The molecule has 1 aliphatic heterocycles. The largest absolute Gasteiger partial charge is 0.313 e. The summed E-state index contributed by atoms with van der Waals surface area (Å²) in [4.78, 5) is 2.29. The summed E-state index contributed by atoms with van der Waals surface area (Å²) >= 11 is 0. The maximum absolute atomic E-state index is 11.8. The Morgan fingerprint density at radius 2 is 2.06 bits per heavy atom. The van der Waals surface area contributed by atoms with E-state index in [1.54, 1.807) is 13.8 Å². The van der Waals surface area contributed by atoms with Crippen LogP contribution in [0.1, 0.15) is 40.0 Å².